The third-order valence-corrected chi connectivity index (χ3v) is 2.73. The third kappa shape index (κ3) is 4.14. The van der Waals surface area contributed by atoms with Gasteiger partial charge >= 0.3 is 5.97 Å². The minimum Gasteiger partial charge on any atom is -0.480 e. The van der Waals surface area contributed by atoms with E-state index in [1.165, 1.54) is 18.3 Å². The molecule has 22 heavy (non-hydrogen) atoms. The van der Waals surface area contributed by atoms with Crippen molar-refractivity contribution in [3.05, 3.63) is 59.9 Å². The molecule has 0 atom stereocenters. The molecule has 0 aliphatic heterocycles. The number of hydrogen-bond donors (Lipinski definition) is 3. The van der Waals surface area contributed by atoms with Crippen molar-refractivity contribution < 1.29 is 19.5 Å². The highest BCUT2D eigenvalue weighted by Gasteiger charge is 2.09. The molecule has 0 saturated carbocycles. The monoisotopic (exact) mass is 299 g/mol. The molecule has 1 heterocycles. The minimum absolute atomic E-state index is 0.306. The zero-order valence-corrected chi connectivity index (χ0v) is 11.4. The second kappa shape index (κ2) is 6.98. The molecule has 0 saturated heterocycles. The second-order valence-corrected chi connectivity index (χ2v) is 4.35. The van der Waals surface area contributed by atoms with E-state index >= 15 is 0 Å². The summed E-state index contributed by atoms with van der Waals surface area (Å²) in [6, 6.07) is 9.40. The van der Waals surface area contributed by atoms with Gasteiger partial charge < -0.3 is 15.7 Å². The molecular weight excluding hydrogens is 286 g/mol. The van der Waals surface area contributed by atoms with Crippen molar-refractivity contribution in [2.24, 2.45) is 0 Å². The Hall–Kier alpha value is -3.22. The van der Waals surface area contributed by atoms with Crippen molar-refractivity contribution in [3.63, 3.8) is 0 Å². The number of nitrogens with one attached hydrogen (secondary N) is 2. The van der Waals surface area contributed by atoms with E-state index in [0.717, 1.165) is 0 Å². The quantitative estimate of drug-likeness (QED) is 0.767. The number of amides is 2. The predicted molar refractivity (Wildman–Crippen MR) is 78.6 cm³/mol. The number of carbonyl (C=O) groups is 3. The van der Waals surface area contributed by atoms with Crippen molar-refractivity contribution in [1.82, 2.24) is 10.3 Å². The van der Waals surface area contributed by atoms with Gasteiger partial charge in [0.05, 0.1) is 5.56 Å². The highest BCUT2D eigenvalue weighted by molar-refractivity contribution is 6.04. The highest BCUT2D eigenvalue weighted by atomic mass is 16.4. The number of aromatic nitrogens is 1. The largest absolute Gasteiger partial charge is 0.480 e. The summed E-state index contributed by atoms with van der Waals surface area (Å²) in [6.45, 7) is -0.446. The summed E-state index contributed by atoms with van der Waals surface area (Å²) in [7, 11) is 0. The van der Waals surface area contributed by atoms with E-state index in [0.29, 0.717) is 16.8 Å². The van der Waals surface area contributed by atoms with E-state index in [4.69, 9.17) is 5.11 Å². The number of carboxylic acids is 1. The fourth-order valence-corrected chi connectivity index (χ4v) is 1.66. The summed E-state index contributed by atoms with van der Waals surface area (Å²) in [6.07, 6.45) is 3.02. The van der Waals surface area contributed by atoms with Crippen LogP contribution in [0.25, 0.3) is 0 Å². The zero-order chi connectivity index (χ0) is 15.9. The van der Waals surface area contributed by atoms with Gasteiger partial charge in [0, 0.05) is 23.6 Å². The van der Waals surface area contributed by atoms with Gasteiger partial charge in [-0.1, -0.05) is 0 Å². The maximum atomic E-state index is 11.9. The van der Waals surface area contributed by atoms with Gasteiger partial charge in [-0.05, 0) is 36.4 Å². The maximum absolute atomic E-state index is 11.9. The van der Waals surface area contributed by atoms with Crippen LogP contribution >= 0.6 is 0 Å². The second-order valence-electron chi connectivity index (χ2n) is 4.35. The van der Waals surface area contributed by atoms with Gasteiger partial charge in [-0.15, -0.1) is 0 Å². The molecule has 3 N–H and O–H groups in total. The summed E-state index contributed by atoms with van der Waals surface area (Å²) in [4.78, 5) is 37.8. The number of nitrogens with zero attached hydrogens (tertiary/aromatic N) is 1. The Morgan fingerprint density at radius 2 is 1.73 bits per heavy atom. The minimum atomic E-state index is -1.12. The number of aliphatic carboxylic acids is 1. The fourth-order valence-electron chi connectivity index (χ4n) is 1.66. The Bertz CT molecular complexity index is 684. The molecule has 7 nitrogen and oxygen atoms in total. The molecule has 112 valence electrons. The van der Waals surface area contributed by atoms with Crippen LogP contribution < -0.4 is 10.6 Å². The van der Waals surface area contributed by atoms with Crippen molar-refractivity contribution in [3.8, 4) is 0 Å². The van der Waals surface area contributed by atoms with Crippen LogP contribution in [0.3, 0.4) is 0 Å². The number of benzene rings is 1. The van der Waals surface area contributed by atoms with Gasteiger partial charge in [0.2, 0.25) is 0 Å². The van der Waals surface area contributed by atoms with Crippen LogP contribution in [0.15, 0.2) is 48.8 Å². The normalized spacial score (nSPS) is 9.82. The van der Waals surface area contributed by atoms with Gasteiger partial charge in [0.15, 0.2) is 0 Å². The van der Waals surface area contributed by atoms with Crippen molar-refractivity contribution in [2.45, 2.75) is 0 Å². The molecule has 2 aromatic rings. The molecule has 0 bridgehead atoms. The van der Waals surface area contributed by atoms with Crippen molar-refractivity contribution in [1.29, 1.82) is 0 Å². The van der Waals surface area contributed by atoms with Gasteiger partial charge in [-0.2, -0.15) is 0 Å². The average molecular weight is 299 g/mol. The Balaban J connectivity index is 1.98. The first-order valence-electron chi connectivity index (χ1n) is 6.37. The van der Waals surface area contributed by atoms with Crippen LogP contribution in [0.1, 0.15) is 20.7 Å². The van der Waals surface area contributed by atoms with Crippen LogP contribution in [-0.4, -0.2) is 34.4 Å². The van der Waals surface area contributed by atoms with E-state index in [9.17, 15) is 14.4 Å². The number of carbonyl (C=O) groups excluding carboxylic acids is 2. The number of pyridine rings is 1. The summed E-state index contributed by atoms with van der Waals surface area (Å²) < 4.78 is 0. The molecule has 0 aliphatic rings. The van der Waals surface area contributed by atoms with Crippen LogP contribution in [0.4, 0.5) is 5.69 Å². The van der Waals surface area contributed by atoms with E-state index < -0.39 is 18.4 Å². The summed E-state index contributed by atoms with van der Waals surface area (Å²) in [5.41, 5.74) is 1.25. The standard InChI is InChI=1S/C15H13N3O4/c19-13(20)9-17-14(21)10-3-5-12(6-4-10)18-15(22)11-2-1-7-16-8-11/h1-8H,9H2,(H,17,21)(H,18,22)(H,19,20). The van der Waals surface area contributed by atoms with Crippen molar-refractivity contribution >= 4 is 23.5 Å². The molecule has 1 aromatic carbocycles. The molecular formula is C15H13N3O4. The lowest BCUT2D eigenvalue weighted by Gasteiger charge is -2.06. The topological polar surface area (TPSA) is 108 Å². The Kier molecular flexibility index (Phi) is 4.81. The van der Waals surface area contributed by atoms with Gasteiger partial charge in [0.25, 0.3) is 11.8 Å². The van der Waals surface area contributed by atoms with Crippen LogP contribution in [0.5, 0.6) is 0 Å². The first-order chi connectivity index (χ1) is 10.6. The molecule has 7 heteroatoms. The van der Waals surface area contributed by atoms with Crippen LogP contribution in [-0.2, 0) is 4.79 Å². The SMILES string of the molecule is O=C(O)CNC(=O)c1ccc(NC(=O)c2cccnc2)cc1. The number of rotatable bonds is 5. The zero-order valence-electron chi connectivity index (χ0n) is 11.4. The molecule has 1 aromatic heterocycles. The first-order valence-corrected chi connectivity index (χ1v) is 6.37. The van der Waals surface area contributed by atoms with E-state index in [2.05, 4.69) is 15.6 Å². The van der Waals surface area contributed by atoms with E-state index in [-0.39, 0.29) is 5.91 Å². The predicted octanol–water partition coefficient (Wildman–Crippen LogP) is 1.15. The summed E-state index contributed by atoms with van der Waals surface area (Å²) in [5.74, 6) is -1.92. The third-order valence-electron chi connectivity index (χ3n) is 2.73. The van der Waals surface area contributed by atoms with Crippen molar-refractivity contribution in [2.75, 3.05) is 11.9 Å². The fraction of sp³-hybridized carbons (Fsp3) is 0.0667. The number of carboxylic acid groups (broad SMARTS) is 1. The van der Waals surface area contributed by atoms with Gasteiger partial charge in [0.1, 0.15) is 6.54 Å². The Labute approximate surface area is 126 Å². The summed E-state index contributed by atoms with van der Waals surface area (Å²) >= 11 is 0. The average Bonchev–Trinajstić information content (AvgIpc) is 2.54. The highest BCUT2D eigenvalue weighted by Crippen LogP contribution is 2.11. The summed E-state index contributed by atoms with van der Waals surface area (Å²) in [5, 5.41) is 13.4. The number of hydrogen-bond acceptors (Lipinski definition) is 4. The van der Waals surface area contributed by atoms with Gasteiger partial charge in [-0.3, -0.25) is 19.4 Å². The molecule has 2 rings (SSSR count). The molecule has 0 fully saturated rings. The smallest absolute Gasteiger partial charge is 0.322 e. The van der Waals surface area contributed by atoms with E-state index in [1.807, 2.05) is 0 Å². The number of anilines is 1. The molecule has 0 aliphatic carbocycles. The lowest BCUT2D eigenvalue weighted by molar-refractivity contribution is -0.135. The Morgan fingerprint density at radius 1 is 1.00 bits per heavy atom. The molecule has 2 amide bonds. The van der Waals surface area contributed by atoms with Gasteiger partial charge in [-0.25, -0.2) is 0 Å². The molecule has 0 radical (unpaired) electrons. The van der Waals surface area contributed by atoms with Crippen LogP contribution in [0, 0.1) is 0 Å². The maximum Gasteiger partial charge on any atom is 0.322 e. The molecule has 0 unspecified atom stereocenters. The lowest BCUT2D eigenvalue weighted by atomic mass is 10.2. The Morgan fingerprint density at radius 3 is 2.32 bits per heavy atom. The first kappa shape index (κ1) is 15.2. The van der Waals surface area contributed by atoms with Crippen LogP contribution in [0.2, 0.25) is 0 Å². The van der Waals surface area contributed by atoms with E-state index in [1.54, 1.807) is 30.5 Å². The molecule has 0 spiro atoms. The lowest BCUT2D eigenvalue weighted by Crippen LogP contribution is -2.29.